The number of para-hydroxylation sites is 1. The van der Waals surface area contributed by atoms with E-state index < -0.39 is 29.8 Å². The predicted molar refractivity (Wildman–Crippen MR) is 76.7 cm³/mol. The van der Waals surface area contributed by atoms with Gasteiger partial charge in [0.05, 0.1) is 27.0 Å². The largest absolute Gasteiger partial charge is 0.299 e. The molecule has 0 radical (unpaired) electrons. The third-order valence-corrected chi connectivity index (χ3v) is 4.36. The quantitative estimate of drug-likeness (QED) is 0.644. The molecule has 1 aliphatic rings. The summed E-state index contributed by atoms with van der Waals surface area (Å²) in [6.45, 7) is -0.394. The van der Waals surface area contributed by atoms with Crippen LogP contribution in [0.1, 0.15) is 20.0 Å². The van der Waals surface area contributed by atoms with Gasteiger partial charge in [-0.2, -0.15) is 0 Å². The number of carbonyl (C=O) groups is 3. The van der Waals surface area contributed by atoms with Crippen molar-refractivity contribution in [3.63, 3.8) is 0 Å². The number of Topliss-reactive ketones (excluding diaryl/α,β-unsaturated/α-hetero) is 2. The number of hydrogen-bond acceptors (Lipinski definition) is 4. The van der Waals surface area contributed by atoms with Crippen molar-refractivity contribution in [2.24, 2.45) is 0 Å². The zero-order chi connectivity index (χ0) is 15.1. The van der Waals surface area contributed by atoms with Crippen LogP contribution in [0, 0.1) is 5.82 Å². The number of nitrogens with zero attached hydrogens (tertiary/aromatic N) is 1. The Bertz CT molecular complexity index is 786. The van der Waals surface area contributed by atoms with Crippen molar-refractivity contribution in [1.29, 1.82) is 0 Å². The summed E-state index contributed by atoms with van der Waals surface area (Å²) < 4.78 is 14.3. The summed E-state index contributed by atoms with van der Waals surface area (Å²) in [6.07, 6.45) is 0. The first-order valence-electron chi connectivity index (χ1n) is 5.92. The minimum absolute atomic E-state index is 0.0167. The van der Waals surface area contributed by atoms with Gasteiger partial charge in [-0.3, -0.25) is 19.3 Å². The van der Waals surface area contributed by atoms with Gasteiger partial charge in [0.2, 0.25) is 0 Å². The van der Waals surface area contributed by atoms with Gasteiger partial charge in [0.25, 0.3) is 11.7 Å². The average molecular weight is 324 g/mol. The van der Waals surface area contributed by atoms with Crippen molar-refractivity contribution in [2.45, 2.75) is 0 Å². The molecular weight excluding hydrogens is 317 g/mol. The van der Waals surface area contributed by atoms with E-state index in [4.69, 9.17) is 11.6 Å². The molecule has 2 heterocycles. The molecule has 0 aliphatic carbocycles. The van der Waals surface area contributed by atoms with Gasteiger partial charge in [0.15, 0.2) is 5.78 Å². The fourth-order valence-electron chi connectivity index (χ4n) is 2.15. The molecule has 1 aliphatic heterocycles. The highest BCUT2D eigenvalue weighted by molar-refractivity contribution is 7.18. The summed E-state index contributed by atoms with van der Waals surface area (Å²) in [4.78, 5) is 37.1. The van der Waals surface area contributed by atoms with Gasteiger partial charge in [-0.15, -0.1) is 11.3 Å². The molecule has 0 saturated heterocycles. The molecule has 1 amide bonds. The number of fused-ring (bicyclic) bond motifs is 1. The molecule has 0 spiro atoms. The van der Waals surface area contributed by atoms with Crippen molar-refractivity contribution in [3.8, 4) is 0 Å². The Labute approximate surface area is 127 Å². The van der Waals surface area contributed by atoms with E-state index in [-0.39, 0.29) is 11.3 Å². The van der Waals surface area contributed by atoms with Gasteiger partial charge < -0.3 is 0 Å². The lowest BCUT2D eigenvalue weighted by Crippen LogP contribution is -2.34. The van der Waals surface area contributed by atoms with Crippen LogP contribution >= 0.6 is 22.9 Å². The first kappa shape index (κ1) is 13.9. The summed E-state index contributed by atoms with van der Waals surface area (Å²) in [7, 11) is 0. The number of anilines is 1. The lowest BCUT2D eigenvalue weighted by atomic mass is 10.1. The molecule has 21 heavy (non-hydrogen) atoms. The number of thiophene rings is 1. The first-order valence-corrected chi connectivity index (χ1v) is 7.11. The van der Waals surface area contributed by atoms with E-state index in [0.29, 0.717) is 9.21 Å². The number of amides is 1. The van der Waals surface area contributed by atoms with Crippen LogP contribution in [0.15, 0.2) is 30.3 Å². The van der Waals surface area contributed by atoms with Crippen LogP contribution in [0.3, 0.4) is 0 Å². The molecule has 0 saturated carbocycles. The summed E-state index contributed by atoms with van der Waals surface area (Å²) in [5.41, 5.74) is -0.152. The second-order valence-corrected chi connectivity index (χ2v) is 6.10. The monoisotopic (exact) mass is 323 g/mol. The van der Waals surface area contributed by atoms with E-state index in [1.54, 1.807) is 6.07 Å². The van der Waals surface area contributed by atoms with Crippen molar-refractivity contribution in [2.75, 3.05) is 11.4 Å². The van der Waals surface area contributed by atoms with Crippen LogP contribution in [0.25, 0.3) is 0 Å². The number of rotatable bonds is 3. The van der Waals surface area contributed by atoms with Crippen molar-refractivity contribution >= 4 is 46.1 Å². The van der Waals surface area contributed by atoms with E-state index in [2.05, 4.69) is 0 Å². The van der Waals surface area contributed by atoms with E-state index >= 15 is 0 Å². The number of halogens is 2. The number of hydrogen-bond donors (Lipinski definition) is 0. The molecule has 0 atom stereocenters. The third-order valence-electron chi connectivity index (χ3n) is 3.09. The van der Waals surface area contributed by atoms with Crippen molar-refractivity contribution in [1.82, 2.24) is 0 Å². The highest BCUT2D eigenvalue weighted by atomic mass is 35.5. The molecule has 0 unspecified atom stereocenters. The molecule has 2 aromatic rings. The van der Waals surface area contributed by atoms with Gasteiger partial charge in [-0.25, -0.2) is 4.39 Å². The lowest BCUT2D eigenvalue weighted by molar-refractivity contribution is -0.114. The lowest BCUT2D eigenvalue weighted by Gasteiger charge is -2.15. The van der Waals surface area contributed by atoms with E-state index in [1.165, 1.54) is 18.2 Å². The third kappa shape index (κ3) is 2.26. The maximum absolute atomic E-state index is 13.9. The zero-order valence-electron chi connectivity index (χ0n) is 10.4. The minimum atomic E-state index is -0.897. The van der Waals surface area contributed by atoms with Crippen LogP contribution in [0.5, 0.6) is 0 Å². The van der Waals surface area contributed by atoms with Gasteiger partial charge in [-0.05, 0) is 24.3 Å². The Kier molecular flexibility index (Phi) is 3.35. The Morgan fingerprint density at radius 1 is 1.24 bits per heavy atom. The van der Waals surface area contributed by atoms with Crippen LogP contribution < -0.4 is 4.90 Å². The van der Waals surface area contributed by atoms with E-state index in [9.17, 15) is 18.8 Å². The van der Waals surface area contributed by atoms with Crippen molar-refractivity contribution < 1.29 is 18.8 Å². The first-order chi connectivity index (χ1) is 9.99. The summed E-state index contributed by atoms with van der Waals surface area (Å²) in [5.74, 6) is -2.81. The standard InChI is InChI=1S/C14H7ClFNO3S/c15-11-5-4-10(21-11)9(18)6-17-12-7(13(19)14(17)20)2-1-3-8(12)16/h1-5H,6H2. The zero-order valence-corrected chi connectivity index (χ0v) is 12.0. The average Bonchev–Trinajstić information content (AvgIpc) is 2.98. The molecule has 106 valence electrons. The summed E-state index contributed by atoms with van der Waals surface area (Å²) >= 11 is 6.82. The fourth-order valence-corrected chi connectivity index (χ4v) is 3.12. The molecule has 4 nitrogen and oxygen atoms in total. The molecule has 3 rings (SSSR count). The molecule has 1 aromatic heterocycles. The molecule has 0 N–H and O–H groups in total. The molecule has 0 fully saturated rings. The Morgan fingerprint density at radius 2 is 2.00 bits per heavy atom. The number of carbonyl (C=O) groups excluding carboxylic acids is 3. The van der Waals surface area contributed by atoms with Gasteiger partial charge in [-0.1, -0.05) is 17.7 Å². The van der Waals surface area contributed by atoms with Gasteiger partial charge >= 0.3 is 0 Å². The highest BCUT2D eigenvalue weighted by Crippen LogP contribution is 2.32. The van der Waals surface area contributed by atoms with Crippen molar-refractivity contribution in [3.05, 3.63) is 50.9 Å². The molecule has 7 heteroatoms. The Morgan fingerprint density at radius 3 is 2.67 bits per heavy atom. The molecule has 0 bridgehead atoms. The van der Waals surface area contributed by atoms with Gasteiger partial charge in [0.1, 0.15) is 5.82 Å². The normalized spacial score (nSPS) is 13.7. The topological polar surface area (TPSA) is 54.5 Å². The second-order valence-electron chi connectivity index (χ2n) is 4.38. The van der Waals surface area contributed by atoms with Crippen LogP contribution in [0.2, 0.25) is 4.34 Å². The van der Waals surface area contributed by atoms with E-state index in [1.807, 2.05) is 0 Å². The van der Waals surface area contributed by atoms with Crippen LogP contribution in [-0.4, -0.2) is 24.0 Å². The summed E-state index contributed by atoms with van der Waals surface area (Å²) in [5, 5.41) is 0. The predicted octanol–water partition coefficient (Wildman–Crippen LogP) is 2.95. The van der Waals surface area contributed by atoms with Crippen LogP contribution in [0.4, 0.5) is 10.1 Å². The molecular formula is C14H7ClFNO3S. The maximum atomic E-state index is 13.9. The minimum Gasteiger partial charge on any atom is -0.294 e. The van der Waals surface area contributed by atoms with E-state index in [0.717, 1.165) is 22.3 Å². The fraction of sp³-hybridized carbons (Fsp3) is 0.0714. The molecule has 1 aromatic carbocycles. The Hall–Kier alpha value is -2.05. The van der Waals surface area contributed by atoms with Crippen LogP contribution in [-0.2, 0) is 4.79 Å². The number of benzene rings is 1. The van der Waals surface area contributed by atoms with Gasteiger partial charge in [0, 0.05) is 0 Å². The second kappa shape index (κ2) is 5.05. The number of ketones is 2. The Balaban J connectivity index is 1.95. The SMILES string of the molecule is O=C(CN1C(=O)C(=O)c2cccc(F)c21)c1ccc(Cl)s1. The smallest absolute Gasteiger partial charge is 0.294 e. The highest BCUT2D eigenvalue weighted by Gasteiger charge is 2.39. The summed E-state index contributed by atoms with van der Waals surface area (Å²) in [6, 6.07) is 6.95. The maximum Gasteiger partial charge on any atom is 0.299 e.